The number of carbonyl (C=O) groups is 2. The van der Waals surface area contributed by atoms with Crippen LogP contribution < -0.4 is 9.46 Å². The second-order valence-corrected chi connectivity index (χ2v) is 16.5. The van der Waals surface area contributed by atoms with E-state index in [0.717, 1.165) is 84.1 Å². The Morgan fingerprint density at radius 3 is 2.55 bits per heavy atom. The molecule has 0 bridgehead atoms. The Morgan fingerprint density at radius 1 is 0.979 bits per heavy atom. The Labute approximate surface area is 277 Å². The number of fused-ring (bicyclic) bond motifs is 8. The van der Waals surface area contributed by atoms with Gasteiger partial charge in [-0.25, -0.2) is 4.72 Å². The van der Waals surface area contributed by atoms with Gasteiger partial charge in [0.25, 0.3) is 5.91 Å². The number of nitrogens with zero attached hydrogens (tertiary/aromatic N) is 4. The number of piperazine rings is 1. The molecule has 0 radical (unpaired) electrons. The number of carbonyl (C=O) groups excluding carboxylic acids is 2. The van der Waals surface area contributed by atoms with E-state index in [9.17, 15) is 18.0 Å². The van der Waals surface area contributed by atoms with E-state index in [4.69, 9.17) is 4.74 Å². The fourth-order valence-electron chi connectivity index (χ4n) is 9.18. The van der Waals surface area contributed by atoms with Gasteiger partial charge in [-0.05, 0) is 86.0 Å². The standard InChI is InChI=1S/C36H45N5O5S/c1-38(2)47(44,45)37-34(42)24-11-13-28-31(18-24)41-22-36(35(43)40-17-16-39-15-7-10-25(39)21-40)20-30(36)29-19-26(46-3)12-14-27(29)33(41)32(28)23-8-5-4-6-9-23/h11-14,18-19,23,25,30H,4-10,15-17,20-22H2,1-3H3,(H,37,42). The van der Waals surface area contributed by atoms with Gasteiger partial charge in [0.05, 0.1) is 18.2 Å². The van der Waals surface area contributed by atoms with Crippen LogP contribution in [0.15, 0.2) is 36.4 Å². The molecule has 250 valence electrons. The van der Waals surface area contributed by atoms with Crippen molar-refractivity contribution in [1.82, 2.24) is 23.4 Å². The summed E-state index contributed by atoms with van der Waals surface area (Å²) in [5.41, 5.74) is 5.33. The Kier molecular flexibility index (Phi) is 7.46. The monoisotopic (exact) mass is 659 g/mol. The van der Waals surface area contributed by atoms with Crippen LogP contribution in [-0.4, -0.2) is 92.3 Å². The van der Waals surface area contributed by atoms with Gasteiger partial charge in [-0.15, -0.1) is 0 Å². The normalized spacial score (nSPS) is 25.9. The van der Waals surface area contributed by atoms with Crippen molar-refractivity contribution in [2.24, 2.45) is 5.41 Å². The Hall–Kier alpha value is -3.41. The smallest absolute Gasteiger partial charge is 0.303 e. The third kappa shape index (κ3) is 4.99. The maximum atomic E-state index is 14.8. The first-order valence-electron chi connectivity index (χ1n) is 17.2. The van der Waals surface area contributed by atoms with E-state index in [0.29, 0.717) is 18.5 Å². The van der Waals surface area contributed by atoms with Crippen molar-refractivity contribution < 1.29 is 22.7 Å². The summed E-state index contributed by atoms with van der Waals surface area (Å²) < 4.78 is 36.4. The fraction of sp³-hybridized carbons (Fsp3) is 0.556. The maximum absolute atomic E-state index is 14.8. The average molecular weight is 660 g/mol. The molecule has 11 heteroatoms. The lowest BCUT2D eigenvalue weighted by molar-refractivity contribution is -0.140. The van der Waals surface area contributed by atoms with Crippen LogP contribution in [-0.2, 0) is 21.5 Å². The molecule has 1 N–H and O–H groups in total. The first kappa shape index (κ1) is 30.9. The highest BCUT2D eigenvalue weighted by atomic mass is 32.2. The van der Waals surface area contributed by atoms with Gasteiger partial charge in [0, 0.05) is 74.3 Å². The molecule has 4 heterocycles. The van der Waals surface area contributed by atoms with E-state index in [1.165, 1.54) is 50.9 Å². The van der Waals surface area contributed by atoms with E-state index in [-0.39, 0.29) is 17.4 Å². The van der Waals surface area contributed by atoms with Crippen LogP contribution in [0.25, 0.3) is 22.2 Å². The molecule has 2 saturated carbocycles. The van der Waals surface area contributed by atoms with E-state index in [1.807, 2.05) is 18.2 Å². The van der Waals surface area contributed by atoms with Crippen molar-refractivity contribution in [2.75, 3.05) is 47.4 Å². The summed E-state index contributed by atoms with van der Waals surface area (Å²) in [5.74, 6) is 0.804. The lowest BCUT2D eigenvalue weighted by Gasteiger charge is -2.39. The van der Waals surface area contributed by atoms with E-state index >= 15 is 0 Å². The molecule has 2 amide bonds. The second kappa shape index (κ2) is 11.3. The molecule has 47 heavy (non-hydrogen) atoms. The van der Waals surface area contributed by atoms with Gasteiger partial charge < -0.3 is 14.2 Å². The van der Waals surface area contributed by atoms with Gasteiger partial charge in [0.15, 0.2) is 0 Å². The van der Waals surface area contributed by atoms with Gasteiger partial charge in [-0.1, -0.05) is 25.3 Å². The summed E-state index contributed by atoms with van der Waals surface area (Å²) in [7, 11) is 0.517. The third-order valence-corrected chi connectivity index (χ3v) is 13.2. The van der Waals surface area contributed by atoms with E-state index < -0.39 is 21.5 Å². The number of hydrogen-bond acceptors (Lipinski definition) is 6. The maximum Gasteiger partial charge on any atom is 0.303 e. The molecule has 0 spiro atoms. The zero-order chi connectivity index (χ0) is 32.7. The lowest BCUT2D eigenvalue weighted by atomic mass is 9.81. The summed E-state index contributed by atoms with van der Waals surface area (Å²) in [6.07, 6.45) is 8.89. The minimum absolute atomic E-state index is 0.0765. The van der Waals surface area contributed by atoms with Crippen LogP contribution >= 0.6 is 0 Å². The number of nitrogens with one attached hydrogen (secondary N) is 1. The van der Waals surface area contributed by atoms with Crippen LogP contribution in [0.5, 0.6) is 5.75 Å². The van der Waals surface area contributed by atoms with Crippen LogP contribution in [0.1, 0.15) is 84.7 Å². The van der Waals surface area contributed by atoms with Crippen molar-refractivity contribution in [2.45, 2.75) is 75.8 Å². The number of methoxy groups -OCH3 is 1. The highest BCUT2D eigenvalue weighted by Gasteiger charge is 2.64. The molecule has 2 aliphatic carbocycles. The SMILES string of the molecule is COc1ccc2c(c1)C1CC1(C(=O)N1CCN3CCCC3C1)Cn1c-2c(C2CCCCC2)c2ccc(C(=O)NS(=O)(=O)N(C)C)cc21. The van der Waals surface area contributed by atoms with Crippen LogP contribution in [0.3, 0.4) is 0 Å². The molecule has 4 fully saturated rings. The highest BCUT2D eigenvalue weighted by Crippen LogP contribution is 2.66. The second-order valence-electron chi connectivity index (χ2n) is 14.6. The van der Waals surface area contributed by atoms with Crippen LogP contribution in [0, 0.1) is 5.41 Å². The highest BCUT2D eigenvalue weighted by molar-refractivity contribution is 7.87. The summed E-state index contributed by atoms with van der Waals surface area (Å²) >= 11 is 0. The predicted molar refractivity (Wildman–Crippen MR) is 181 cm³/mol. The van der Waals surface area contributed by atoms with Gasteiger partial charge in [-0.2, -0.15) is 12.7 Å². The molecule has 3 aliphatic heterocycles. The van der Waals surface area contributed by atoms with Crippen LogP contribution in [0.2, 0.25) is 0 Å². The quantitative estimate of drug-likeness (QED) is 0.412. The molecule has 1 aromatic heterocycles. The summed E-state index contributed by atoms with van der Waals surface area (Å²) in [5, 5.41) is 1.09. The van der Waals surface area contributed by atoms with E-state index in [2.05, 4.69) is 31.2 Å². The van der Waals surface area contributed by atoms with Crippen LogP contribution in [0.4, 0.5) is 0 Å². The van der Waals surface area contributed by atoms with Crippen molar-refractivity contribution in [3.05, 3.63) is 53.1 Å². The summed E-state index contributed by atoms with van der Waals surface area (Å²) in [6.45, 7) is 4.13. The minimum Gasteiger partial charge on any atom is -0.497 e. The Morgan fingerprint density at radius 2 is 1.79 bits per heavy atom. The number of aromatic nitrogens is 1. The summed E-state index contributed by atoms with van der Waals surface area (Å²) in [4.78, 5) is 32.8. The predicted octanol–water partition coefficient (Wildman–Crippen LogP) is 4.69. The largest absolute Gasteiger partial charge is 0.497 e. The molecule has 2 aromatic carbocycles. The van der Waals surface area contributed by atoms with Crippen molar-refractivity contribution >= 4 is 32.9 Å². The number of amides is 2. The van der Waals surface area contributed by atoms with Gasteiger partial charge in [0.1, 0.15) is 5.75 Å². The van der Waals surface area contributed by atoms with Crippen molar-refractivity contribution in [3.63, 3.8) is 0 Å². The summed E-state index contributed by atoms with van der Waals surface area (Å²) in [6, 6.07) is 12.4. The minimum atomic E-state index is -3.96. The first-order valence-corrected chi connectivity index (χ1v) is 18.7. The van der Waals surface area contributed by atoms with Crippen molar-refractivity contribution in [1.29, 1.82) is 0 Å². The molecule has 10 nitrogen and oxygen atoms in total. The number of benzene rings is 2. The topological polar surface area (TPSA) is 104 Å². The number of rotatable bonds is 6. The third-order valence-electron chi connectivity index (χ3n) is 11.8. The molecule has 3 atom stereocenters. The van der Waals surface area contributed by atoms with Crippen molar-refractivity contribution in [3.8, 4) is 17.0 Å². The van der Waals surface area contributed by atoms with E-state index in [1.54, 1.807) is 13.2 Å². The average Bonchev–Trinajstić information content (AvgIpc) is 3.49. The molecule has 3 aromatic rings. The first-order chi connectivity index (χ1) is 22.6. The van der Waals surface area contributed by atoms with Gasteiger partial charge in [-0.3, -0.25) is 14.5 Å². The zero-order valence-corrected chi connectivity index (χ0v) is 28.4. The molecular weight excluding hydrogens is 614 g/mol. The molecule has 5 aliphatic rings. The molecular formula is C36H45N5O5S. The van der Waals surface area contributed by atoms with Gasteiger partial charge >= 0.3 is 10.2 Å². The molecule has 3 unspecified atom stereocenters. The number of ether oxygens (including phenoxy) is 1. The lowest BCUT2D eigenvalue weighted by Crippen LogP contribution is -2.54. The fourth-order valence-corrected chi connectivity index (χ4v) is 9.71. The molecule has 8 rings (SSSR count). The number of hydrogen-bond donors (Lipinski definition) is 1. The molecule has 2 saturated heterocycles. The zero-order valence-electron chi connectivity index (χ0n) is 27.6. The van der Waals surface area contributed by atoms with Gasteiger partial charge in [0.2, 0.25) is 5.91 Å². The Bertz CT molecular complexity index is 1880. The Balaban J connectivity index is 1.30.